The fourth-order valence-corrected chi connectivity index (χ4v) is 3.23. The Balaban J connectivity index is 1.93. The average molecular weight is 367 g/mol. The van der Waals surface area contributed by atoms with Gasteiger partial charge in [0.25, 0.3) is 5.91 Å². The maximum absolute atomic E-state index is 13.0. The van der Waals surface area contributed by atoms with Gasteiger partial charge in [-0.05, 0) is 61.5 Å². The van der Waals surface area contributed by atoms with E-state index in [-0.39, 0.29) is 11.9 Å². The Hall–Kier alpha value is -2.86. The number of carbonyl (C=O) groups excluding carboxylic acids is 1. The molecule has 134 valence electrons. The van der Waals surface area contributed by atoms with E-state index in [0.29, 0.717) is 10.7 Å². The summed E-state index contributed by atoms with van der Waals surface area (Å²) < 4.78 is 5.21. The van der Waals surface area contributed by atoms with Crippen LogP contribution < -0.4 is 20.7 Å². The largest absolute Gasteiger partial charge is 0.497 e. The van der Waals surface area contributed by atoms with Gasteiger partial charge in [0, 0.05) is 11.4 Å². The Kier molecular flexibility index (Phi) is 5.23. The standard InChI is InChI=1S/C20H21N3O2S/c1-12-5-4-6-15(11-12)22-19(24)17-13(2)21-20(26)23-18(17)14-7-9-16(25-3)10-8-14/h4-11,18H,1-3H3,(H,22,24)(H2,21,23,26). The molecule has 0 aliphatic carbocycles. The summed E-state index contributed by atoms with van der Waals surface area (Å²) in [7, 11) is 1.62. The number of anilines is 1. The predicted molar refractivity (Wildman–Crippen MR) is 107 cm³/mol. The summed E-state index contributed by atoms with van der Waals surface area (Å²) in [6.07, 6.45) is 0. The highest BCUT2D eigenvalue weighted by molar-refractivity contribution is 7.80. The zero-order valence-electron chi connectivity index (χ0n) is 14.9. The van der Waals surface area contributed by atoms with Gasteiger partial charge in [-0.3, -0.25) is 4.79 Å². The molecule has 0 radical (unpaired) electrons. The molecule has 0 saturated heterocycles. The van der Waals surface area contributed by atoms with E-state index in [1.165, 1.54) is 0 Å². The van der Waals surface area contributed by atoms with Crippen LogP contribution >= 0.6 is 12.2 Å². The molecule has 1 aliphatic rings. The van der Waals surface area contributed by atoms with Crippen LogP contribution in [0.4, 0.5) is 5.69 Å². The van der Waals surface area contributed by atoms with E-state index >= 15 is 0 Å². The van der Waals surface area contributed by atoms with E-state index in [2.05, 4.69) is 16.0 Å². The number of hydrogen-bond acceptors (Lipinski definition) is 3. The summed E-state index contributed by atoms with van der Waals surface area (Å²) in [5.41, 5.74) is 4.12. The molecule has 2 aromatic carbocycles. The second-order valence-corrected chi connectivity index (χ2v) is 6.58. The van der Waals surface area contributed by atoms with E-state index in [9.17, 15) is 4.79 Å². The van der Waals surface area contributed by atoms with Crippen LogP contribution in [0.15, 0.2) is 59.8 Å². The highest BCUT2D eigenvalue weighted by Crippen LogP contribution is 2.29. The smallest absolute Gasteiger partial charge is 0.255 e. The molecular formula is C20H21N3O2S. The molecule has 1 heterocycles. The van der Waals surface area contributed by atoms with Crippen molar-refractivity contribution in [2.45, 2.75) is 19.9 Å². The summed E-state index contributed by atoms with van der Waals surface area (Å²) in [5, 5.41) is 9.70. The lowest BCUT2D eigenvalue weighted by atomic mass is 9.95. The number of allylic oxidation sites excluding steroid dienone is 1. The molecule has 1 atom stereocenters. The molecule has 1 aliphatic heterocycles. The van der Waals surface area contributed by atoms with Gasteiger partial charge in [-0.1, -0.05) is 24.3 Å². The van der Waals surface area contributed by atoms with E-state index in [0.717, 1.165) is 28.3 Å². The van der Waals surface area contributed by atoms with E-state index < -0.39 is 0 Å². The van der Waals surface area contributed by atoms with Gasteiger partial charge in [-0.2, -0.15) is 0 Å². The molecule has 0 fully saturated rings. The van der Waals surface area contributed by atoms with Crippen LogP contribution in [0.3, 0.4) is 0 Å². The number of thiocarbonyl (C=S) groups is 1. The SMILES string of the molecule is COc1ccc(C2NC(=S)NC(C)=C2C(=O)Nc2cccc(C)c2)cc1. The lowest BCUT2D eigenvalue weighted by Crippen LogP contribution is -2.45. The van der Waals surface area contributed by atoms with Crippen LogP contribution in [0.5, 0.6) is 5.75 Å². The molecule has 5 nitrogen and oxygen atoms in total. The molecule has 1 unspecified atom stereocenters. The maximum atomic E-state index is 13.0. The maximum Gasteiger partial charge on any atom is 0.255 e. The summed E-state index contributed by atoms with van der Waals surface area (Å²) >= 11 is 5.28. The van der Waals surface area contributed by atoms with Crippen molar-refractivity contribution in [2.75, 3.05) is 12.4 Å². The lowest BCUT2D eigenvalue weighted by molar-refractivity contribution is -0.113. The second-order valence-electron chi connectivity index (χ2n) is 6.17. The molecule has 0 saturated carbocycles. The summed E-state index contributed by atoms with van der Waals surface area (Å²) in [5.74, 6) is 0.591. The van der Waals surface area contributed by atoms with Crippen molar-refractivity contribution in [1.29, 1.82) is 0 Å². The van der Waals surface area contributed by atoms with Crippen LogP contribution in [0.2, 0.25) is 0 Å². The molecule has 2 aromatic rings. The summed E-state index contributed by atoms with van der Waals surface area (Å²) in [6, 6.07) is 15.0. The minimum Gasteiger partial charge on any atom is -0.497 e. The quantitative estimate of drug-likeness (QED) is 0.723. The number of carbonyl (C=O) groups is 1. The van der Waals surface area contributed by atoms with E-state index in [1.807, 2.05) is 62.4 Å². The van der Waals surface area contributed by atoms with Gasteiger partial charge in [0.05, 0.1) is 18.7 Å². The minimum absolute atomic E-state index is 0.170. The molecule has 0 spiro atoms. The normalized spacial score (nSPS) is 16.6. The first-order valence-corrected chi connectivity index (χ1v) is 8.69. The topological polar surface area (TPSA) is 62.4 Å². The minimum atomic E-state index is -0.334. The average Bonchev–Trinajstić information content (AvgIpc) is 2.61. The van der Waals surface area contributed by atoms with Crippen molar-refractivity contribution in [1.82, 2.24) is 10.6 Å². The van der Waals surface area contributed by atoms with Crippen molar-refractivity contribution in [3.63, 3.8) is 0 Å². The Labute approximate surface area is 158 Å². The number of amides is 1. The third-order valence-corrected chi connectivity index (χ3v) is 4.46. The van der Waals surface area contributed by atoms with Gasteiger partial charge >= 0.3 is 0 Å². The van der Waals surface area contributed by atoms with Crippen LogP contribution in [0.25, 0.3) is 0 Å². The van der Waals surface area contributed by atoms with Gasteiger partial charge in [0.2, 0.25) is 0 Å². The number of methoxy groups -OCH3 is 1. The first-order valence-electron chi connectivity index (χ1n) is 8.28. The van der Waals surface area contributed by atoms with Crippen molar-refractivity contribution < 1.29 is 9.53 Å². The fraction of sp³-hybridized carbons (Fsp3) is 0.200. The van der Waals surface area contributed by atoms with E-state index in [1.54, 1.807) is 7.11 Å². The van der Waals surface area contributed by atoms with E-state index in [4.69, 9.17) is 17.0 Å². The second kappa shape index (κ2) is 7.58. The van der Waals surface area contributed by atoms with Gasteiger partial charge in [-0.15, -0.1) is 0 Å². The summed E-state index contributed by atoms with van der Waals surface area (Å²) in [4.78, 5) is 13.0. The first kappa shape index (κ1) is 17.9. The van der Waals surface area contributed by atoms with Crippen molar-refractivity contribution in [2.24, 2.45) is 0 Å². The Morgan fingerprint density at radius 3 is 2.54 bits per heavy atom. The van der Waals surface area contributed by atoms with Gasteiger partial charge in [-0.25, -0.2) is 0 Å². The van der Waals surface area contributed by atoms with Crippen LogP contribution in [0.1, 0.15) is 24.1 Å². The molecule has 3 N–H and O–H groups in total. The van der Waals surface area contributed by atoms with Crippen LogP contribution in [-0.4, -0.2) is 18.1 Å². The van der Waals surface area contributed by atoms with Crippen molar-refractivity contribution in [3.05, 3.63) is 70.9 Å². The Morgan fingerprint density at radius 1 is 1.15 bits per heavy atom. The molecule has 26 heavy (non-hydrogen) atoms. The molecule has 0 aromatic heterocycles. The Morgan fingerprint density at radius 2 is 1.88 bits per heavy atom. The number of benzene rings is 2. The fourth-order valence-electron chi connectivity index (χ4n) is 2.96. The molecule has 3 rings (SSSR count). The predicted octanol–water partition coefficient (Wildman–Crippen LogP) is 3.44. The van der Waals surface area contributed by atoms with Crippen molar-refractivity contribution in [3.8, 4) is 5.75 Å². The highest BCUT2D eigenvalue weighted by atomic mass is 32.1. The monoisotopic (exact) mass is 367 g/mol. The zero-order chi connectivity index (χ0) is 18.7. The third-order valence-electron chi connectivity index (χ3n) is 4.24. The molecule has 6 heteroatoms. The zero-order valence-corrected chi connectivity index (χ0v) is 15.7. The number of hydrogen-bond donors (Lipinski definition) is 3. The summed E-state index contributed by atoms with van der Waals surface area (Å²) in [6.45, 7) is 3.84. The molecule has 0 bridgehead atoms. The van der Waals surface area contributed by atoms with Gasteiger partial charge < -0.3 is 20.7 Å². The van der Waals surface area contributed by atoms with Gasteiger partial charge in [0.1, 0.15) is 5.75 Å². The van der Waals surface area contributed by atoms with Crippen LogP contribution in [-0.2, 0) is 4.79 Å². The number of ether oxygens (including phenoxy) is 1. The van der Waals surface area contributed by atoms with Gasteiger partial charge in [0.15, 0.2) is 5.11 Å². The number of aryl methyl sites for hydroxylation is 1. The number of rotatable bonds is 4. The number of nitrogens with one attached hydrogen (secondary N) is 3. The first-order chi connectivity index (χ1) is 12.5. The van der Waals surface area contributed by atoms with Crippen molar-refractivity contribution >= 4 is 28.9 Å². The third kappa shape index (κ3) is 3.86. The molecule has 1 amide bonds. The lowest BCUT2D eigenvalue weighted by Gasteiger charge is -2.30. The van der Waals surface area contributed by atoms with Crippen LogP contribution in [0, 0.1) is 6.92 Å². The highest BCUT2D eigenvalue weighted by Gasteiger charge is 2.29. The Bertz CT molecular complexity index is 875. The molecular weight excluding hydrogens is 346 g/mol.